The van der Waals surface area contributed by atoms with Crippen LogP contribution in [0, 0.1) is 5.41 Å². The predicted octanol–water partition coefficient (Wildman–Crippen LogP) is 13.7. The molecule has 2 fully saturated rings. The quantitative estimate of drug-likeness (QED) is 0.0237. The largest absolute Gasteiger partial charge is 0.459 e. The smallest absolute Gasteiger partial charge is 0.338 e. The number of rotatable bonds is 30. The minimum atomic E-state index is -1.81. The van der Waals surface area contributed by atoms with Gasteiger partial charge in [0.1, 0.15) is 43.2 Å². The van der Waals surface area contributed by atoms with E-state index in [1.165, 1.54) is 0 Å². The zero-order valence-corrected chi connectivity index (χ0v) is 51.5. The van der Waals surface area contributed by atoms with Gasteiger partial charge in [0.2, 0.25) is 12.4 Å². The first-order valence-corrected chi connectivity index (χ1v) is 30.9. The number of benzene rings is 7. The van der Waals surface area contributed by atoms with Gasteiger partial charge in [0, 0.05) is 5.41 Å². The molecule has 0 saturated carbocycles. The third-order valence-corrected chi connectivity index (χ3v) is 15.2. The predicted molar refractivity (Wildman–Crippen MR) is 337 cm³/mol. The highest BCUT2D eigenvalue weighted by Gasteiger charge is 2.57. The molecule has 10 atom stereocenters. The van der Waals surface area contributed by atoms with Crippen LogP contribution in [0.25, 0.3) is 0 Å². The van der Waals surface area contributed by atoms with Gasteiger partial charge in [-0.1, -0.05) is 216 Å². The molecule has 0 bridgehead atoms. The van der Waals surface area contributed by atoms with Crippen LogP contribution in [0.5, 0.6) is 0 Å². The molecule has 0 spiro atoms. The molecule has 2 heterocycles. The van der Waals surface area contributed by atoms with E-state index in [0.29, 0.717) is 0 Å². The molecule has 470 valence electrons. The van der Waals surface area contributed by atoms with Crippen molar-refractivity contribution >= 4 is 23.9 Å². The lowest BCUT2D eigenvalue weighted by atomic mass is 9.88. The molecular formula is C75H80O15. The highest BCUT2D eigenvalue weighted by molar-refractivity contribution is 5.91. The molecule has 0 aliphatic carbocycles. The number of hydrogen-bond donors (Lipinski definition) is 0. The third-order valence-electron chi connectivity index (χ3n) is 15.2. The van der Waals surface area contributed by atoms with Gasteiger partial charge in [-0.25, -0.2) is 14.4 Å². The zero-order valence-electron chi connectivity index (χ0n) is 51.5. The van der Waals surface area contributed by atoms with Crippen molar-refractivity contribution in [2.75, 3.05) is 13.2 Å². The summed E-state index contributed by atoms with van der Waals surface area (Å²) in [6.07, 6.45) is -8.60. The first kappa shape index (κ1) is 66.1. The fraction of sp³-hybridized carbons (Fsp3) is 0.347. The SMILES string of the molecule is CCCC(=C=CC(C)(C)CC(=O)OC1O[C@H](COC(=O)c2ccccc2)[C@@H](O[C@@H]2O[C@H](COCc3ccccc3)[C@H](OCc3ccccc3)[C@H](OCc3ccccc3)[C@H]2OCc2ccccc2)[C@H](OC(=O)c2ccccc2)[C@H]1OC(=O)c1ccccc1)CCC. The highest BCUT2D eigenvalue weighted by atomic mass is 16.8. The Balaban J connectivity index is 1.18. The molecule has 2 saturated heterocycles. The molecule has 0 N–H and O–H groups in total. The molecule has 0 amide bonds. The van der Waals surface area contributed by atoms with E-state index >= 15 is 0 Å². The van der Waals surface area contributed by atoms with E-state index in [1.807, 2.05) is 141 Å². The molecule has 2 aliphatic rings. The lowest BCUT2D eigenvalue weighted by molar-refractivity contribution is -0.366. The van der Waals surface area contributed by atoms with Crippen LogP contribution in [-0.2, 0) is 83.3 Å². The summed E-state index contributed by atoms with van der Waals surface area (Å²) in [7, 11) is 0. The number of ether oxygens (including phenoxy) is 11. The fourth-order valence-corrected chi connectivity index (χ4v) is 10.7. The van der Waals surface area contributed by atoms with Crippen LogP contribution in [0.2, 0.25) is 0 Å². The first-order valence-electron chi connectivity index (χ1n) is 30.9. The van der Waals surface area contributed by atoms with Crippen molar-refractivity contribution in [3.63, 3.8) is 0 Å². The molecule has 0 radical (unpaired) electrons. The molecule has 0 aromatic heterocycles. The highest BCUT2D eigenvalue weighted by Crippen LogP contribution is 2.38. The minimum Gasteiger partial charge on any atom is -0.459 e. The topological polar surface area (TPSA) is 170 Å². The monoisotopic (exact) mass is 1220 g/mol. The maximum Gasteiger partial charge on any atom is 0.338 e. The molecule has 90 heavy (non-hydrogen) atoms. The van der Waals surface area contributed by atoms with Gasteiger partial charge in [-0.05, 0) is 83.1 Å². The summed E-state index contributed by atoms with van der Waals surface area (Å²) in [6, 6.07) is 63.4. The van der Waals surface area contributed by atoms with Crippen molar-refractivity contribution in [3.8, 4) is 0 Å². The van der Waals surface area contributed by atoms with E-state index in [4.69, 9.17) is 52.1 Å². The van der Waals surface area contributed by atoms with E-state index in [0.717, 1.165) is 53.5 Å². The molecule has 1 unspecified atom stereocenters. The van der Waals surface area contributed by atoms with Gasteiger partial charge in [-0.2, -0.15) is 0 Å². The van der Waals surface area contributed by atoms with Gasteiger partial charge in [0.05, 0.1) is 56.1 Å². The average Bonchev–Trinajstić information content (AvgIpc) is 1.25. The van der Waals surface area contributed by atoms with Crippen molar-refractivity contribution < 1.29 is 71.3 Å². The lowest BCUT2D eigenvalue weighted by Crippen LogP contribution is -2.67. The van der Waals surface area contributed by atoms with Crippen molar-refractivity contribution in [2.24, 2.45) is 5.41 Å². The van der Waals surface area contributed by atoms with Gasteiger partial charge in [-0.15, -0.1) is 5.73 Å². The Morgan fingerprint density at radius 1 is 0.433 bits per heavy atom. The third kappa shape index (κ3) is 19.6. The van der Waals surface area contributed by atoms with Crippen LogP contribution in [0.15, 0.2) is 230 Å². The summed E-state index contributed by atoms with van der Waals surface area (Å²) in [6.45, 7) is 7.85. The number of carbonyl (C=O) groups excluding carboxylic acids is 4. The second-order valence-electron chi connectivity index (χ2n) is 23.0. The van der Waals surface area contributed by atoms with E-state index in [2.05, 4.69) is 19.6 Å². The Labute approximate surface area is 527 Å². The van der Waals surface area contributed by atoms with Crippen LogP contribution in [0.3, 0.4) is 0 Å². The van der Waals surface area contributed by atoms with E-state index < -0.39 is 97.3 Å². The van der Waals surface area contributed by atoms with Gasteiger partial charge < -0.3 is 52.1 Å². The van der Waals surface area contributed by atoms with Gasteiger partial charge in [0.15, 0.2) is 12.4 Å². The summed E-state index contributed by atoms with van der Waals surface area (Å²) in [4.78, 5) is 58.3. The Bertz CT molecular complexity index is 3360. The van der Waals surface area contributed by atoms with E-state index in [9.17, 15) is 19.2 Å². The van der Waals surface area contributed by atoms with Crippen molar-refractivity contribution in [3.05, 3.63) is 269 Å². The van der Waals surface area contributed by atoms with Gasteiger partial charge >= 0.3 is 23.9 Å². The number of hydrogen-bond acceptors (Lipinski definition) is 15. The second-order valence-corrected chi connectivity index (χ2v) is 23.0. The van der Waals surface area contributed by atoms with E-state index in [1.54, 1.807) is 91.0 Å². The van der Waals surface area contributed by atoms with Crippen LogP contribution in [-0.4, -0.2) is 98.5 Å². The Kier molecular flexibility index (Phi) is 25.0. The normalized spacial score (nSPS) is 21.4. The maximum absolute atomic E-state index is 14.9. The molecular weight excluding hydrogens is 1140 g/mol. The van der Waals surface area contributed by atoms with Crippen molar-refractivity contribution in [2.45, 2.75) is 148 Å². The Hall–Kier alpha value is -8.34. The first-order chi connectivity index (χ1) is 43.9. The van der Waals surface area contributed by atoms with Crippen LogP contribution in [0.4, 0.5) is 0 Å². The molecule has 7 aromatic carbocycles. The van der Waals surface area contributed by atoms with Crippen LogP contribution >= 0.6 is 0 Å². The van der Waals surface area contributed by atoms with Gasteiger partial charge in [0.25, 0.3) is 0 Å². The second kappa shape index (κ2) is 34.0. The summed E-state index contributed by atoms with van der Waals surface area (Å²) in [5.41, 5.74) is 7.74. The number of carbonyl (C=O) groups is 4. The molecule has 7 aromatic rings. The Morgan fingerprint density at radius 3 is 1.31 bits per heavy atom. The molecule has 2 aliphatic heterocycles. The fourth-order valence-electron chi connectivity index (χ4n) is 10.7. The molecule has 15 nitrogen and oxygen atoms in total. The zero-order chi connectivity index (χ0) is 62.9. The molecule has 15 heteroatoms. The van der Waals surface area contributed by atoms with Crippen LogP contribution < -0.4 is 0 Å². The van der Waals surface area contributed by atoms with Crippen molar-refractivity contribution in [1.29, 1.82) is 0 Å². The minimum absolute atomic E-state index is 0.0292. The lowest BCUT2D eigenvalue weighted by Gasteiger charge is -2.49. The number of allylic oxidation sites excluding steroid dienone is 1. The van der Waals surface area contributed by atoms with E-state index in [-0.39, 0.29) is 56.1 Å². The van der Waals surface area contributed by atoms with Crippen LogP contribution in [0.1, 0.15) is 113 Å². The average molecular weight is 1220 g/mol. The maximum atomic E-state index is 14.9. The van der Waals surface area contributed by atoms with Gasteiger partial charge in [-0.3, -0.25) is 4.79 Å². The summed E-state index contributed by atoms with van der Waals surface area (Å²) < 4.78 is 74.6. The standard InChI is InChI=1S/C75H80O15/c1-5-28-53(29-6-2)44-45-75(3,4)46-63(76)87-74-69(89-72(79)60-42-26-13-27-43-60)67(88-71(78)59-40-24-12-25-41-59)65(62(86-74)52-84-70(77)58-38-22-11-23-39-58)90-73-68(83-50-57-36-20-10-21-37-57)66(82-49-56-34-18-9-19-35-56)64(81-48-55-32-16-8-17-33-55)61(85-73)51-80-47-54-30-14-7-15-31-54/h7-27,30-43,45,61-62,64-69,73-74H,5-6,28-29,46-52H2,1-4H3/t61-,62-,64+,65-,66+,67+,68-,69-,73+,74?/m1/s1. The summed E-state index contributed by atoms with van der Waals surface area (Å²) in [5.74, 6) is -3.20. The Morgan fingerprint density at radius 2 is 0.833 bits per heavy atom. The van der Waals surface area contributed by atoms with Crippen molar-refractivity contribution in [1.82, 2.24) is 0 Å². The summed E-state index contributed by atoms with van der Waals surface area (Å²) in [5, 5.41) is 0. The summed E-state index contributed by atoms with van der Waals surface area (Å²) >= 11 is 0. The molecule has 9 rings (SSSR count). The number of esters is 4.